The van der Waals surface area contributed by atoms with Crippen LogP contribution in [0.3, 0.4) is 0 Å². The van der Waals surface area contributed by atoms with Crippen LogP contribution in [0.4, 0.5) is 0 Å². The highest BCUT2D eigenvalue weighted by Gasteiger charge is 2.10. The van der Waals surface area contributed by atoms with Gasteiger partial charge in [-0.25, -0.2) is 4.68 Å². The summed E-state index contributed by atoms with van der Waals surface area (Å²) < 4.78 is 1.96. The average Bonchev–Trinajstić information content (AvgIpc) is 2.89. The summed E-state index contributed by atoms with van der Waals surface area (Å²) in [6.07, 6.45) is 1.84. The first kappa shape index (κ1) is 14.1. The van der Waals surface area contributed by atoms with Crippen molar-refractivity contribution in [3.63, 3.8) is 0 Å². The topological polar surface area (TPSA) is 76.4 Å². The molecule has 1 heterocycles. The number of hydrogen-bond donors (Lipinski definition) is 2. The van der Waals surface area contributed by atoms with Crippen molar-refractivity contribution in [2.75, 3.05) is 0 Å². The van der Waals surface area contributed by atoms with Gasteiger partial charge in [0.05, 0.1) is 11.4 Å². The molecule has 0 atom stereocenters. The lowest BCUT2D eigenvalue weighted by atomic mass is 10.1. The summed E-state index contributed by atoms with van der Waals surface area (Å²) in [5.74, 6) is 0.125. The van der Waals surface area contributed by atoms with E-state index in [1.807, 2.05) is 29.8 Å². The number of rotatable bonds is 4. The lowest BCUT2D eigenvalue weighted by molar-refractivity contribution is 0.318. The van der Waals surface area contributed by atoms with Crippen LogP contribution in [0, 0.1) is 6.92 Å². The molecule has 5 nitrogen and oxygen atoms in total. The zero-order valence-electron chi connectivity index (χ0n) is 12.1. The second kappa shape index (κ2) is 5.77. The van der Waals surface area contributed by atoms with Gasteiger partial charge in [0, 0.05) is 11.3 Å². The van der Waals surface area contributed by atoms with Crippen LogP contribution >= 0.6 is 0 Å². The first-order valence-corrected chi connectivity index (χ1v) is 6.77. The van der Waals surface area contributed by atoms with E-state index in [0.717, 1.165) is 35.3 Å². The van der Waals surface area contributed by atoms with Crippen LogP contribution in [0.1, 0.15) is 36.4 Å². The Kier molecular flexibility index (Phi) is 4.08. The molecule has 0 unspecified atom stereocenters. The van der Waals surface area contributed by atoms with E-state index in [1.54, 1.807) is 0 Å². The van der Waals surface area contributed by atoms with Crippen molar-refractivity contribution in [3.05, 3.63) is 46.8 Å². The van der Waals surface area contributed by atoms with Crippen molar-refractivity contribution in [1.82, 2.24) is 9.78 Å². The van der Waals surface area contributed by atoms with Crippen molar-refractivity contribution in [3.8, 4) is 5.69 Å². The summed E-state index contributed by atoms with van der Waals surface area (Å²) in [4.78, 5) is 0. The molecule has 2 rings (SSSR count). The highest BCUT2D eigenvalue weighted by Crippen LogP contribution is 2.18. The molecule has 0 bridgehead atoms. The van der Waals surface area contributed by atoms with Gasteiger partial charge in [-0.15, -0.1) is 0 Å². The maximum Gasteiger partial charge on any atom is 0.170 e. The van der Waals surface area contributed by atoms with Crippen molar-refractivity contribution < 1.29 is 5.21 Å². The van der Waals surface area contributed by atoms with Crippen LogP contribution in [-0.2, 0) is 12.8 Å². The molecular weight excluding hydrogens is 252 g/mol. The minimum Gasteiger partial charge on any atom is -0.409 e. The van der Waals surface area contributed by atoms with Gasteiger partial charge < -0.3 is 10.9 Å². The van der Waals surface area contributed by atoms with Crippen LogP contribution in [0.15, 0.2) is 29.4 Å². The molecule has 0 radical (unpaired) electrons. The van der Waals surface area contributed by atoms with E-state index in [2.05, 4.69) is 30.2 Å². The summed E-state index contributed by atoms with van der Waals surface area (Å²) in [5, 5.41) is 16.4. The van der Waals surface area contributed by atoms with Gasteiger partial charge in [0.2, 0.25) is 0 Å². The van der Waals surface area contributed by atoms with Crippen LogP contribution in [0.5, 0.6) is 0 Å². The third kappa shape index (κ3) is 2.52. The Balaban J connectivity index is 2.49. The van der Waals surface area contributed by atoms with Gasteiger partial charge in [0.25, 0.3) is 0 Å². The highest BCUT2D eigenvalue weighted by molar-refractivity contribution is 5.98. The van der Waals surface area contributed by atoms with Gasteiger partial charge in [-0.05, 0) is 49.6 Å². The van der Waals surface area contributed by atoms with E-state index in [9.17, 15) is 0 Å². The lowest BCUT2D eigenvalue weighted by Crippen LogP contribution is -2.15. The van der Waals surface area contributed by atoms with Crippen molar-refractivity contribution >= 4 is 5.84 Å². The van der Waals surface area contributed by atoms with E-state index in [4.69, 9.17) is 10.9 Å². The largest absolute Gasteiger partial charge is 0.409 e. The zero-order valence-corrected chi connectivity index (χ0v) is 12.1. The summed E-state index contributed by atoms with van der Waals surface area (Å²) in [6.45, 7) is 6.15. The number of aryl methyl sites for hydroxylation is 3. The molecule has 0 amide bonds. The monoisotopic (exact) mass is 272 g/mol. The molecule has 106 valence electrons. The second-order valence-corrected chi connectivity index (χ2v) is 4.73. The molecule has 0 saturated heterocycles. The van der Waals surface area contributed by atoms with E-state index < -0.39 is 0 Å². The lowest BCUT2D eigenvalue weighted by Gasteiger charge is -2.09. The van der Waals surface area contributed by atoms with E-state index >= 15 is 0 Å². The number of benzene rings is 1. The van der Waals surface area contributed by atoms with E-state index in [-0.39, 0.29) is 5.84 Å². The Hall–Kier alpha value is -2.30. The van der Waals surface area contributed by atoms with Gasteiger partial charge in [0.15, 0.2) is 5.84 Å². The van der Waals surface area contributed by atoms with Crippen molar-refractivity contribution in [2.45, 2.75) is 33.6 Å². The van der Waals surface area contributed by atoms with Crippen molar-refractivity contribution in [1.29, 1.82) is 0 Å². The summed E-state index contributed by atoms with van der Waals surface area (Å²) in [5.41, 5.74) is 10.6. The zero-order chi connectivity index (χ0) is 14.7. The van der Waals surface area contributed by atoms with Gasteiger partial charge in [-0.1, -0.05) is 19.0 Å². The Morgan fingerprint density at radius 2 is 2.05 bits per heavy atom. The average molecular weight is 272 g/mol. The molecule has 0 aliphatic carbocycles. The number of nitrogens with zero attached hydrogens (tertiary/aromatic N) is 3. The number of amidine groups is 1. The summed E-state index contributed by atoms with van der Waals surface area (Å²) >= 11 is 0. The van der Waals surface area contributed by atoms with Gasteiger partial charge >= 0.3 is 0 Å². The highest BCUT2D eigenvalue weighted by atomic mass is 16.4. The molecule has 0 fully saturated rings. The molecule has 0 aliphatic heterocycles. The Morgan fingerprint density at radius 3 is 2.60 bits per heavy atom. The standard InChI is InChI=1S/C15H20N4O/c1-4-11-9-12(5-2)19(17-11)13-6-7-14(10(3)8-13)15(16)18-20/h6-9,20H,4-5H2,1-3H3,(H2,16,18). The van der Waals surface area contributed by atoms with Crippen LogP contribution in [0.25, 0.3) is 5.69 Å². The molecule has 0 spiro atoms. The Morgan fingerprint density at radius 1 is 1.30 bits per heavy atom. The van der Waals surface area contributed by atoms with Crippen LogP contribution < -0.4 is 5.73 Å². The minimum absolute atomic E-state index is 0.125. The molecule has 20 heavy (non-hydrogen) atoms. The molecule has 1 aromatic carbocycles. The number of oxime groups is 1. The third-order valence-corrected chi connectivity index (χ3v) is 3.40. The van der Waals surface area contributed by atoms with E-state index in [0.29, 0.717) is 0 Å². The summed E-state index contributed by atoms with van der Waals surface area (Å²) in [7, 11) is 0. The summed E-state index contributed by atoms with van der Waals surface area (Å²) in [6, 6.07) is 7.92. The molecule has 0 aliphatic rings. The van der Waals surface area contributed by atoms with Crippen LogP contribution in [-0.4, -0.2) is 20.8 Å². The first-order valence-electron chi connectivity index (χ1n) is 6.77. The fraction of sp³-hybridized carbons (Fsp3) is 0.333. The number of nitrogens with two attached hydrogens (primary N) is 1. The van der Waals surface area contributed by atoms with Gasteiger partial charge in [-0.3, -0.25) is 0 Å². The SMILES string of the molecule is CCc1cc(CC)n(-c2ccc(/C(N)=N/O)c(C)c2)n1. The molecule has 0 saturated carbocycles. The Bertz CT molecular complexity index is 643. The van der Waals surface area contributed by atoms with Gasteiger partial charge in [0.1, 0.15) is 0 Å². The molecule has 5 heteroatoms. The first-order chi connectivity index (χ1) is 9.60. The fourth-order valence-corrected chi connectivity index (χ4v) is 2.24. The minimum atomic E-state index is 0.125. The Labute approximate surface area is 118 Å². The quantitative estimate of drug-likeness (QED) is 0.388. The van der Waals surface area contributed by atoms with Crippen LogP contribution in [0.2, 0.25) is 0 Å². The maximum atomic E-state index is 8.76. The molecule has 1 aromatic heterocycles. The number of aromatic nitrogens is 2. The number of hydrogen-bond acceptors (Lipinski definition) is 3. The predicted octanol–water partition coefficient (Wildman–Crippen LogP) is 2.40. The van der Waals surface area contributed by atoms with E-state index in [1.165, 1.54) is 5.69 Å². The van der Waals surface area contributed by atoms with Crippen molar-refractivity contribution in [2.24, 2.45) is 10.9 Å². The second-order valence-electron chi connectivity index (χ2n) is 4.73. The maximum absolute atomic E-state index is 8.76. The van der Waals surface area contributed by atoms with Gasteiger partial charge in [-0.2, -0.15) is 5.10 Å². The molecular formula is C15H20N4O. The predicted molar refractivity (Wildman–Crippen MR) is 79.6 cm³/mol. The molecule has 2 aromatic rings. The third-order valence-electron chi connectivity index (χ3n) is 3.40. The fourth-order valence-electron chi connectivity index (χ4n) is 2.24. The molecule has 3 N–H and O–H groups in total. The normalized spacial score (nSPS) is 11.8. The smallest absolute Gasteiger partial charge is 0.170 e.